The summed E-state index contributed by atoms with van der Waals surface area (Å²) in [4.78, 5) is 14.4. The number of H-pyrrole nitrogens is 1. The van der Waals surface area contributed by atoms with Crippen LogP contribution in [-0.4, -0.2) is 16.1 Å². The molecule has 0 aliphatic rings. The average molecular weight is 380 g/mol. The van der Waals surface area contributed by atoms with E-state index in [0.717, 1.165) is 10.6 Å². The molecule has 0 saturated carbocycles. The molecule has 0 saturated heterocycles. The maximum atomic E-state index is 13.3. The second kappa shape index (κ2) is 6.02. The van der Waals surface area contributed by atoms with Crippen molar-refractivity contribution in [2.45, 2.75) is 6.92 Å². The zero-order valence-corrected chi connectivity index (χ0v) is 13.9. The summed E-state index contributed by atoms with van der Waals surface area (Å²) in [5.41, 5.74) is 1.04. The summed E-state index contributed by atoms with van der Waals surface area (Å²) in [5.74, 6) is -0.501. The molecule has 0 spiro atoms. The van der Waals surface area contributed by atoms with Gasteiger partial charge in [-0.2, -0.15) is 5.10 Å². The van der Waals surface area contributed by atoms with E-state index in [1.54, 1.807) is 17.4 Å². The number of rotatable bonds is 3. The third kappa shape index (κ3) is 3.10. The smallest absolute Gasteiger partial charge is 0.258 e. The van der Waals surface area contributed by atoms with Crippen molar-refractivity contribution in [2.75, 3.05) is 5.32 Å². The summed E-state index contributed by atoms with van der Waals surface area (Å²) in [7, 11) is 0. The van der Waals surface area contributed by atoms with Crippen molar-refractivity contribution in [3.63, 3.8) is 0 Å². The first-order valence-corrected chi connectivity index (χ1v) is 8.02. The minimum atomic E-state index is -0.467. The molecule has 0 unspecified atom stereocenters. The lowest BCUT2D eigenvalue weighted by atomic mass is 10.2. The van der Waals surface area contributed by atoms with Gasteiger partial charge in [0.05, 0.1) is 16.1 Å². The summed E-state index contributed by atoms with van der Waals surface area (Å²) in [6.07, 6.45) is 0. The van der Waals surface area contributed by atoms with Crippen LogP contribution >= 0.6 is 27.3 Å². The topological polar surface area (TPSA) is 57.8 Å². The molecule has 0 atom stereocenters. The van der Waals surface area contributed by atoms with Gasteiger partial charge in [0, 0.05) is 15.4 Å². The van der Waals surface area contributed by atoms with Gasteiger partial charge in [-0.05, 0) is 53.2 Å². The van der Waals surface area contributed by atoms with Crippen LogP contribution < -0.4 is 5.32 Å². The van der Waals surface area contributed by atoms with Crippen molar-refractivity contribution < 1.29 is 9.18 Å². The molecule has 0 bridgehead atoms. The Morgan fingerprint density at radius 3 is 2.86 bits per heavy atom. The Labute approximate surface area is 138 Å². The normalized spacial score (nSPS) is 10.7. The minimum absolute atomic E-state index is 0.219. The highest BCUT2D eigenvalue weighted by Crippen LogP contribution is 2.27. The van der Waals surface area contributed by atoms with Crippen LogP contribution in [0.5, 0.6) is 0 Å². The summed E-state index contributed by atoms with van der Waals surface area (Å²) < 4.78 is 13.8. The number of nitrogens with one attached hydrogen (secondary N) is 2. The zero-order valence-electron chi connectivity index (χ0n) is 11.5. The highest BCUT2D eigenvalue weighted by atomic mass is 79.9. The molecule has 112 valence electrons. The van der Waals surface area contributed by atoms with Crippen LogP contribution in [0.1, 0.15) is 15.2 Å². The van der Waals surface area contributed by atoms with E-state index in [1.807, 2.05) is 19.1 Å². The van der Waals surface area contributed by atoms with Gasteiger partial charge in [0.25, 0.3) is 5.91 Å². The van der Waals surface area contributed by atoms with Gasteiger partial charge in [-0.25, -0.2) is 4.39 Å². The van der Waals surface area contributed by atoms with E-state index in [2.05, 4.69) is 31.4 Å². The lowest BCUT2D eigenvalue weighted by molar-refractivity contribution is 0.102. The number of aromatic nitrogens is 2. The third-order valence-corrected chi connectivity index (χ3v) is 4.72. The maximum absolute atomic E-state index is 13.3. The standard InChI is InChI=1S/C15H11BrFN3OS/c1-8-2-5-13(22-8)12-7-14(20-19-12)18-15(21)10-6-9(17)3-4-11(10)16/h2-7H,1H3,(H2,18,19,20,21). The monoisotopic (exact) mass is 379 g/mol. The Bertz CT molecular complexity index is 843. The molecule has 0 radical (unpaired) electrons. The molecular weight excluding hydrogens is 369 g/mol. The highest BCUT2D eigenvalue weighted by Gasteiger charge is 2.13. The van der Waals surface area contributed by atoms with Crippen LogP contribution in [-0.2, 0) is 0 Å². The van der Waals surface area contributed by atoms with Crippen molar-refractivity contribution >= 4 is 39.0 Å². The van der Waals surface area contributed by atoms with Gasteiger partial charge < -0.3 is 5.32 Å². The molecular formula is C15H11BrFN3OS. The number of nitrogens with zero attached hydrogens (tertiary/aromatic N) is 1. The Morgan fingerprint density at radius 2 is 2.14 bits per heavy atom. The number of benzene rings is 1. The highest BCUT2D eigenvalue weighted by molar-refractivity contribution is 9.10. The van der Waals surface area contributed by atoms with Crippen molar-refractivity contribution in [1.82, 2.24) is 10.2 Å². The first-order valence-electron chi connectivity index (χ1n) is 6.41. The lowest BCUT2D eigenvalue weighted by Crippen LogP contribution is -2.13. The number of aromatic amines is 1. The Kier molecular flexibility index (Phi) is 4.08. The van der Waals surface area contributed by atoms with E-state index in [1.165, 1.54) is 23.1 Å². The van der Waals surface area contributed by atoms with Crippen molar-refractivity contribution in [2.24, 2.45) is 0 Å². The van der Waals surface area contributed by atoms with Crippen molar-refractivity contribution in [3.05, 3.63) is 57.1 Å². The second-order valence-corrected chi connectivity index (χ2v) is 6.80. The molecule has 2 heterocycles. The Morgan fingerprint density at radius 1 is 1.32 bits per heavy atom. The van der Waals surface area contributed by atoms with Crippen LogP contribution in [0.25, 0.3) is 10.6 Å². The summed E-state index contributed by atoms with van der Waals surface area (Å²) >= 11 is 4.87. The van der Waals surface area contributed by atoms with Crippen molar-refractivity contribution in [3.8, 4) is 10.6 Å². The number of hydrogen-bond acceptors (Lipinski definition) is 3. The van der Waals surface area contributed by atoms with Gasteiger partial charge in [0.1, 0.15) is 5.82 Å². The van der Waals surface area contributed by atoms with Gasteiger partial charge in [0.15, 0.2) is 5.82 Å². The van der Waals surface area contributed by atoms with Crippen LogP contribution in [0.2, 0.25) is 0 Å². The number of halogens is 2. The molecule has 0 fully saturated rings. The molecule has 3 aromatic rings. The fourth-order valence-electron chi connectivity index (χ4n) is 1.95. The van der Waals surface area contributed by atoms with E-state index < -0.39 is 11.7 Å². The SMILES string of the molecule is Cc1ccc(-c2cc(NC(=O)c3cc(F)ccc3Br)n[nH]2)s1. The third-order valence-electron chi connectivity index (χ3n) is 3.00. The predicted molar refractivity (Wildman–Crippen MR) is 88.7 cm³/mol. The fourth-order valence-corrected chi connectivity index (χ4v) is 3.21. The van der Waals surface area contributed by atoms with Gasteiger partial charge in [0.2, 0.25) is 0 Å². The summed E-state index contributed by atoms with van der Waals surface area (Å²) in [6.45, 7) is 2.02. The molecule has 2 N–H and O–H groups in total. The number of hydrogen-bond donors (Lipinski definition) is 2. The van der Waals surface area contributed by atoms with Gasteiger partial charge >= 0.3 is 0 Å². The van der Waals surface area contributed by atoms with Crippen LogP contribution in [0.15, 0.2) is 40.9 Å². The van der Waals surface area contributed by atoms with Crippen LogP contribution in [0.3, 0.4) is 0 Å². The van der Waals surface area contributed by atoms with E-state index in [0.29, 0.717) is 10.3 Å². The second-order valence-electron chi connectivity index (χ2n) is 4.66. The minimum Gasteiger partial charge on any atom is -0.305 e. The number of amides is 1. The first kappa shape index (κ1) is 14.9. The van der Waals surface area contributed by atoms with Crippen molar-refractivity contribution in [1.29, 1.82) is 0 Å². The fraction of sp³-hybridized carbons (Fsp3) is 0.0667. The zero-order chi connectivity index (χ0) is 15.7. The lowest BCUT2D eigenvalue weighted by Gasteiger charge is -2.04. The van der Waals surface area contributed by atoms with Crippen LogP contribution in [0.4, 0.5) is 10.2 Å². The van der Waals surface area contributed by atoms with Gasteiger partial charge in [-0.3, -0.25) is 9.89 Å². The van der Waals surface area contributed by atoms with Gasteiger partial charge in [-0.15, -0.1) is 11.3 Å². The Balaban J connectivity index is 1.80. The average Bonchev–Trinajstić information content (AvgIpc) is 3.10. The first-order chi connectivity index (χ1) is 10.5. The van der Waals surface area contributed by atoms with E-state index >= 15 is 0 Å². The number of thiophene rings is 1. The molecule has 0 aliphatic carbocycles. The molecule has 4 nitrogen and oxygen atoms in total. The molecule has 1 aromatic carbocycles. The van der Waals surface area contributed by atoms with E-state index in [9.17, 15) is 9.18 Å². The quantitative estimate of drug-likeness (QED) is 0.698. The summed E-state index contributed by atoms with van der Waals surface area (Å²) in [5, 5.41) is 9.59. The van der Waals surface area contributed by atoms with Crippen LogP contribution in [0, 0.1) is 12.7 Å². The molecule has 0 aliphatic heterocycles. The number of carbonyl (C=O) groups is 1. The molecule has 7 heteroatoms. The molecule has 3 rings (SSSR count). The largest absolute Gasteiger partial charge is 0.305 e. The molecule has 2 aromatic heterocycles. The van der Waals surface area contributed by atoms with E-state index in [4.69, 9.17) is 0 Å². The van der Waals surface area contributed by atoms with E-state index in [-0.39, 0.29) is 5.56 Å². The number of carbonyl (C=O) groups excluding carboxylic acids is 1. The number of anilines is 1. The molecule has 22 heavy (non-hydrogen) atoms. The summed E-state index contributed by atoms with van der Waals surface area (Å²) in [6, 6.07) is 9.71. The molecule has 1 amide bonds. The predicted octanol–water partition coefficient (Wildman–Crippen LogP) is 4.60. The Hall–Kier alpha value is -1.99. The van der Waals surface area contributed by atoms with Gasteiger partial charge in [-0.1, -0.05) is 0 Å². The maximum Gasteiger partial charge on any atom is 0.258 e. The number of aryl methyl sites for hydroxylation is 1.